The molecule has 1 saturated heterocycles. The monoisotopic (exact) mass is 251 g/mol. The van der Waals surface area contributed by atoms with Gasteiger partial charge in [-0.05, 0) is 39.3 Å². The number of likely N-dealkylation sites (tertiary alicyclic amines) is 1. The summed E-state index contributed by atoms with van der Waals surface area (Å²) in [5.41, 5.74) is 0. The number of nitrogens with zero attached hydrogens (tertiary/aromatic N) is 3. The summed E-state index contributed by atoms with van der Waals surface area (Å²) in [6.45, 7) is 6.38. The van der Waals surface area contributed by atoms with Gasteiger partial charge in [0.25, 0.3) is 0 Å². The molecule has 0 bridgehead atoms. The number of aromatic nitrogens is 2. The second-order valence-electron chi connectivity index (χ2n) is 5.02. The summed E-state index contributed by atoms with van der Waals surface area (Å²) in [7, 11) is 0. The smallest absolute Gasteiger partial charge is 0.240 e. The van der Waals surface area contributed by atoms with Gasteiger partial charge in [0.15, 0.2) is 5.82 Å². The first-order valence-electron chi connectivity index (χ1n) is 6.73. The molecular formula is C13H21N3O2. The minimum atomic E-state index is 0.250. The van der Waals surface area contributed by atoms with Crippen molar-refractivity contribution in [2.24, 2.45) is 5.92 Å². The van der Waals surface area contributed by atoms with Crippen LogP contribution < -0.4 is 0 Å². The first-order valence-corrected chi connectivity index (χ1v) is 6.73. The van der Waals surface area contributed by atoms with E-state index in [-0.39, 0.29) is 5.92 Å². The molecule has 1 aromatic rings. The SMILES string of the molecule is CCCc1noc(CN2CCC(C(C)=O)CC2)n1. The maximum atomic E-state index is 11.3. The maximum Gasteiger partial charge on any atom is 0.240 e. The number of rotatable bonds is 5. The van der Waals surface area contributed by atoms with E-state index in [9.17, 15) is 4.79 Å². The molecule has 0 saturated carbocycles. The number of piperidine rings is 1. The number of aryl methyl sites for hydroxylation is 1. The summed E-state index contributed by atoms with van der Waals surface area (Å²) >= 11 is 0. The number of carbonyl (C=O) groups is 1. The fourth-order valence-corrected chi connectivity index (χ4v) is 2.37. The molecule has 0 aliphatic carbocycles. The molecule has 18 heavy (non-hydrogen) atoms. The van der Waals surface area contributed by atoms with Gasteiger partial charge < -0.3 is 4.52 Å². The molecule has 2 heterocycles. The van der Waals surface area contributed by atoms with Gasteiger partial charge in [-0.3, -0.25) is 9.69 Å². The predicted octanol–water partition coefficient (Wildman–Crippen LogP) is 1.82. The summed E-state index contributed by atoms with van der Waals surface area (Å²) < 4.78 is 5.22. The van der Waals surface area contributed by atoms with E-state index in [4.69, 9.17) is 4.52 Å². The van der Waals surface area contributed by atoms with Crippen LogP contribution in [0.15, 0.2) is 4.52 Å². The van der Waals surface area contributed by atoms with E-state index in [1.54, 1.807) is 6.92 Å². The maximum absolute atomic E-state index is 11.3. The lowest BCUT2D eigenvalue weighted by Crippen LogP contribution is -2.35. The lowest BCUT2D eigenvalue weighted by Gasteiger charge is -2.29. The van der Waals surface area contributed by atoms with Crippen LogP contribution in [0, 0.1) is 5.92 Å². The molecule has 5 heteroatoms. The van der Waals surface area contributed by atoms with Crippen molar-refractivity contribution < 1.29 is 9.32 Å². The van der Waals surface area contributed by atoms with Crippen LogP contribution in [-0.4, -0.2) is 33.9 Å². The van der Waals surface area contributed by atoms with Crippen LogP contribution in [0.2, 0.25) is 0 Å². The Kier molecular flexibility index (Phi) is 4.47. The van der Waals surface area contributed by atoms with Crippen LogP contribution >= 0.6 is 0 Å². The molecule has 1 aliphatic heterocycles. The molecule has 5 nitrogen and oxygen atoms in total. The number of hydrogen-bond donors (Lipinski definition) is 0. The highest BCUT2D eigenvalue weighted by Crippen LogP contribution is 2.19. The van der Waals surface area contributed by atoms with Crippen LogP contribution in [0.3, 0.4) is 0 Å². The second kappa shape index (κ2) is 6.09. The Morgan fingerprint density at radius 2 is 2.17 bits per heavy atom. The third kappa shape index (κ3) is 3.38. The number of ketones is 1. The van der Waals surface area contributed by atoms with Crippen molar-refractivity contribution in [2.75, 3.05) is 13.1 Å². The highest BCUT2D eigenvalue weighted by Gasteiger charge is 2.23. The molecule has 0 aromatic carbocycles. The van der Waals surface area contributed by atoms with Gasteiger partial charge in [0.1, 0.15) is 5.78 Å². The number of Topliss-reactive ketones (excluding diaryl/α,β-unsaturated/α-hetero) is 1. The van der Waals surface area contributed by atoms with E-state index >= 15 is 0 Å². The van der Waals surface area contributed by atoms with Gasteiger partial charge in [-0.15, -0.1) is 0 Å². The zero-order valence-corrected chi connectivity index (χ0v) is 11.2. The van der Waals surface area contributed by atoms with Crippen molar-refractivity contribution in [1.29, 1.82) is 0 Å². The van der Waals surface area contributed by atoms with E-state index in [0.29, 0.717) is 18.2 Å². The van der Waals surface area contributed by atoms with Gasteiger partial charge in [0.05, 0.1) is 6.54 Å². The van der Waals surface area contributed by atoms with Gasteiger partial charge >= 0.3 is 0 Å². The van der Waals surface area contributed by atoms with E-state index in [1.165, 1.54) is 0 Å². The lowest BCUT2D eigenvalue weighted by atomic mass is 9.93. The van der Waals surface area contributed by atoms with Gasteiger partial charge in [0.2, 0.25) is 5.89 Å². The Morgan fingerprint density at radius 1 is 1.44 bits per heavy atom. The molecule has 0 N–H and O–H groups in total. The van der Waals surface area contributed by atoms with E-state index < -0.39 is 0 Å². The van der Waals surface area contributed by atoms with Gasteiger partial charge in [0, 0.05) is 12.3 Å². The Balaban J connectivity index is 1.81. The van der Waals surface area contributed by atoms with Gasteiger partial charge in [-0.2, -0.15) is 4.98 Å². The largest absolute Gasteiger partial charge is 0.338 e. The fourth-order valence-electron chi connectivity index (χ4n) is 2.37. The highest BCUT2D eigenvalue weighted by molar-refractivity contribution is 5.78. The molecule has 0 radical (unpaired) electrons. The molecule has 1 fully saturated rings. The Bertz CT molecular complexity index is 395. The molecule has 2 rings (SSSR count). The number of hydrogen-bond acceptors (Lipinski definition) is 5. The van der Waals surface area contributed by atoms with E-state index in [2.05, 4.69) is 22.0 Å². The first kappa shape index (κ1) is 13.2. The highest BCUT2D eigenvalue weighted by atomic mass is 16.5. The molecule has 0 amide bonds. The minimum Gasteiger partial charge on any atom is -0.338 e. The molecule has 100 valence electrons. The molecular weight excluding hydrogens is 230 g/mol. The second-order valence-corrected chi connectivity index (χ2v) is 5.02. The predicted molar refractivity (Wildman–Crippen MR) is 67.0 cm³/mol. The Morgan fingerprint density at radius 3 is 2.78 bits per heavy atom. The Labute approximate surface area is 108 Å². The van der Waals surface area contributed by atoms with Crippen molar-refractivity contribution in [3.8, 4) is 0 Å². The molecule has 1 aliphatic rings. The van der Waals surface area contributed by atoms with Crippen LogP contribution in [0.4, 0.5) is 0 Å². The van der Waals surface area contributed by atoms with Crippen molar-refractivity contribution in [2.45, 2.75) is 46.1 Å². The molecule has 0 spiro atoms. The van der Waals surface area contributed by atoms with E-state index in [1.807, 2.05) is 0 Å². The zero-order valence-electron chi connectivity index (χ0n) is 11.2. The Hall–Kier alpha value is -1.23. The van der Waals surface area contributed by atoms with E-state index in [0.717, 1.165) is 44.6 Å². The van der Waals surface area contributed by atoms with Gasteiger partial charge in [-0.1, -0.05) is 12.1 Å². The average Bonchev–Trinajstić information content (AvgIpc) is 2.78. The van der Waals surface area contributed by atoms with Gasteiger partial charge in [-0.25, -0.2) is 0 Å². The van der Waals surface area contributed by atoms with Crippen LogP contribution in [0.5, 0.6) is 0 Å². The average molecular weight is 251 g/mol. The van der Waals surface area contributed by atoms with Crippen LogP contribution in [0.1, 0.15) is 44.8 Å². The fraction of sp³-hybridized carbons (Fsp3) is 0.769. The first-order chi connectivity index (χ1) is 8.69. The molecule has 0 unspecified atom stereocenters. The standard InChI is InChI=1S/C13H21N3O2/c1-3-4-12-14-13(18-15-12)9-16-7-5-11(6-8-16)10(2)17/h11H,3-9H2,1-2H3. The summed E-state index contributed by atoms with van der Waals surface area (Å²) in [5, 5.41) is 3.95. The lowest BCUT2D eigenvalue weighted by molar-refractivity contribution is -0.122. The van der Waals surface area contributed by atoms with Crippen molar-refractivity contribution in [1.82, 2.24) is 15.0 Å². The van der Waals surface area contributed by atoms with Crippen molar-refractivity contribution >= 4 is 5.78 Å². The molecule has 1 aromatic heterocycles. The summed E-state index contributed by atoms with van der Waals surface area (Å²) in [5.74, 6) is 2.06. The summed E-state index contributed by atoms with van der Waals surface area (Å²) in [6, 6.07) is 0. The van der Waals surface area contributed by atoms with Crippen molar-refractivity contribution in [3.05, 3.63) is 11.7 Å². The number of carbonyl (C=O) groups excluding carboxylic acids is 1. The van der Waals surface area contributed by atoms with Crippen molar-refractivity contribution in [3.63, 3.8) is 0 Å². The third-order valence-corrected chi connectivity index (χ3v) is 3.51. The minimum absolute atomic E-state index is 0.250. The summed E-state index contributed by atoms with van der Waals surface area (Å²) in [4.78, 5) is 17.9. The topological polar surface area (TPSA) is 59.2 Å². The normalized spacial score (nSPS) is 18.1. The zero-order chi connectivity index (χ0) is 13.0. The van der Waals surface area contributed by atoms with Crippen LogP contribution in [-0.2, 0) is 17.8 Å². The quantitative estimate of drug-likeness (QED) is 0.799. The molecule has 0 atom stereocenters. The van der Waals surface area contributed by atoms with Crippen LogP contribution in [0.25, 0.3) is 0 Å². The third-order valence-electron chi connectivity index (χ3n) is 3.51. The summed E-state index contributed by atoms with van der Waals surface area (Å²) in [6.07, 6.45) is 3.80.